The summed E-state index contributed by atoms with van der Waals surface area (Å²) in [5, 5.41) is 8.90. The second-order valence-corrected chi connectivity index (χ2v) is 9.90. The number of carboxylic acids is 1. The number of hydrogen-bond donors (Lipinski definition) is 1. The van der Waals surface area contributed by atoms with Gasteiger partial charge in [-0.05, 0) is 6.42 Å². The van der Waals surface area contributed by atoms with Crippen LogP contribution in [-0.2, 0) is 19.4 Å². The number of nitrogens with zero attached hydrogens (tertiary/aromatic N) is 1. The Labute approximate surface area is 123 Å². The predicted octanol–water partition coefficient (Wildman–Crippen LogP) is 0.618. The van der Waals surface area contributed by atoms with Gasteiger partial charge in [0.1, 0.15) is 6.54 Å². The van der Waals surface area contributed by atoms with E-state index < -0.39 is 28.4 Å². The lowest BCUT2D eigenvalue weighted by atomic mass is 10.2. The Morgan fingerprint density at radius 1 is 1.35 bits per heavy atom. The van der Waals surface area contributed by atoms with Crippen molar-refractivity contribution in [2.75, 3.05) is 23.8 Å². The Kier molecular flexibility index (Phi) is 5.48. The maximum atomic E-state index is 12.2. The molecule has 0 radical (unpaired) electrons. The molecule has 1 unspecified atom stereocenters. The van der Waals surface area contributed by atoms with Crippen LogP contribution in [0.15, 0.2) is 0 Å². The average molecular weight is 323 g/mol. The van der Waals surface area contributed by atoms with Gasteiger partial charge in [0.25, 0.3) is 0 Å². The van der Waals surface area contributed by atoms with Crippen molar-refractivity contribution in [1.29, 1.82) is 0 Å². The van der Waals surface area contributed by atoms with E-state index in [1.54, 1.807) is 0 Å². The minimum absolute atomic E-state index is 0.0213. The molecular formula is C12H21NO5S2. The highest BCUT2D eigenvalue weighted by Gasteiger charge is 2.35. The average Bonchev–Trinajstić information content (AvgIpc) is 2.62. The van der Waals surface area contributed by atoms with Crippen molar-refractivity contribution in [3.63, 3.8) is 0 Å². The summed E-state index contributed by atoms with van der Waals surface area (Å²) in [6.45, 7) is 5.45. The maximum absolute atomic E-state index is 12.2. The Morgan fingerprint density at radius 3 is 2.35 bits per heavy atom. The number of carbonyl (C=O) groups is 2. The third-order valence-electron chi connectivity index (χ3n) is 2.90. The predicted molar refractivity (Wildman–Crippen MR) is 78.6 cm³/mol. The summed E-state index contributed by atoms with van der Waals surface area (Å²) in [7, 11) is -3.15. The number of carboxylic acid groups (broad SMARTS) is 1. The van der Waals surface area contributed by atoms with Crippen molar-refractivity contribution in [3.8, 4) is 0 Å². The summed E-state index contributed by atoms with van der Waals surface area (Å²) < 4.78 is 22.9. The molecule has 116 valence electrons. The largest absolute Gasteiger partial charge is 0.480 e. The van der Waals surface area contributed by atoms with Crippen LogP contribution in [0.5, 0.6) is 0 Å². The van der Waals surface area contributed by atoms with Crippen LogP contribution >= 0.6 is 11.8 Å². The number of thioether (sulfide) groups is 1. The van der Waals surface area contributed by atoms with Gasteiger partial charge in [0.15, 0.2) is 9.84 Å². The van der Waals surface area contributed by atoms with Crippen molar-refractivity contribution in [1.82, 2.24) is 4.90 Å². The molecule has 20 heavy (non-hydrogen) atoms. The molecule has 1 heterocycles. The minimum Gasteiger partial charge on any atom is -0.480 e. The lowest BCUT2D eigenvalue weighted by Gasteiger charge is -2.28. The fraction of sp³-hybridized carbons (Fsp3) is 0.833. The highest BCUT2D eigenvalue weighted by molar-refractivity contribution is 8.01. The maximum Gasteiger partial charge on any atom is 0.323 e. The zero-order valence-corrected chi connectivity index (χ0v) is 13.6. The lowest BCUT2D eigenvalue weighted by Crippen LogP contribution is -2.45. The van der Waals surface area contributed by atoms with Gasteiger partial charge >= 0.3 is 5.97 Å². The molecule has 0 aromatic rings. The monoisotopic (exact) mass is 323 g/mol. The van der Waals surface area contributed by atoms with Crippen LogP contribution in [0, 0.1) is 0 Å². The zero-order valence-electron chi connectivity index (χ0n) is 12.0. The fourth-order valence-corrected chi connectivity index (χ4v) is 4.40. The quantitative estimate of drug-likeness (QED) is 0.797. The molecule has 1 fully saturated rings. The molecule has 1 amide bonds. The van der Waals surface area contributed by atoms with Crippen LogP contribution in [-0.4, -0.2) is 64.9 Å². The van der Waals surface area contributed by atoms with Crippen molar-refractivity contribution in [2.24, 2.45) is 0 Å². The van der Waals surface area contributed by atoms with Crippen LogP contribution in [0.2, 0.25) is 0 Å². The Hall–Kier alpha value is -0.760. The topological polar surface area (TPSA) is 91.8 Å². The SMILES string of the molecule is CC(C)(C)SCC(=O)N(CC(=O)O)C1CCS(=O)(=O)C1. The van der Waals surface area contributed by atoms with Gasteiger partial charge in [0.2, 0.25) is 5.91 Å². The number of rotatable bonds is 5. The third-order valence-corrected chi connectivity index (χ3v) is 5.91. The normalized spacial score (nSPS) is 21.6. The highest BCUT2D eigenvalue weighted by atomic mass is 32.2. The standard InChI is InChI=1S/C12H21NO5S2/c1-12(2,3)19-7-10(14)13(6-11(15)16)9-4-5-20(17,18)8-9/h9H,4-8H2,1-3H3,(H,15,16). The Bertz CT molecular complexity index is 481. The first-order valence-electron chi connectivity index (χ1n) is 6.36. The smallest absolute Gasteiger partial charge is 0.323 e. The van der Waals surface area contributed by atoms with E-state index in [-0.39, 0.29) is 27.9 Å². The summed E-state index contributed by atoms with van der Waals surface area (Å²) in [4.78, 5) is 24.3. The van der Waals surface area contributed by atoms with Crippen LogP contribution in [0.25, 0.3) is 0 Å². The van der Waals surface area contributed by atoms with Gasteiger partial charge in [-0.25, -0.2) is 8.42 Å². The third kappa shape index (κ3) is 5.70. The summed E-state index contributed by atoms with van der Waals surface area (Å²) in [6.07, 6.45) is 0.321. The van der Waals surface area contributed by atoms with Gasteiger partial charge in [-0.15, -0.1) is 11.8 Å². The van der Waals surface area contributed by atoms with E-state index in [0.29, 0.717) is 6.42 Å². The summed E-state index contributed by atoms with van der Waals surface area (Å²) in [5.74, 6) is -1.38. The Balaban J connectivity index is 2.74. The summed E-state index contributed by atoms with van der Waals surface area (Å²) in [6, 6.07) is -0.510. The van der Waals surface area contributed by atoms with E-state index in [4.69, 9.17) is 5.11 Å². The number of carbonyl (C=O) groups excluding carboxylic acids is 1. The molecule has 0 saturated carbocycles. The van der Waals surface area contributed by atoms with Crippen LogP contribution in [0.3, 0.4) is 0 Å². The summed E-state index contributed by atoms with van der Waals surface area (Å²) >= 11 is 1.42. The molecule has 1 atom stereocenters. The molecule has 0 bridgehead atoms. The molecule has 1 saturated heterocycles. The van der Waals surface area contributed by atoms with Crippen molar-refractivity contribution in [2.45, 2.75) is 38.0 Å². The summed E-state index contributed by atoms with van der Waals surface area (Å²) in [5.41, 5.74) is 0. The molecule has 8 heteroatoms. The first kappa shape index (κ1) is 17.3. The molecule has 0 spiro atoms. The van der Waals surface area contributed by atoms with E-state index in [1.165, 1.54) is 16.7 Å². The van der Waals surface area contributed by atoms with Crippen molar-refractivity contribution in [3.05, 3.63) is 0 Å². The second kappa shape index (κ2) is 6.34. The van der Waals surface area contributed by atoms with Gasteiger partial charge in [0, 0.05) is 10.8 Å². The molecule has 1 rings (SSSR count). The van der Waals surface area contributed by atoms with Gasteiger partial charge < -0.3 is 10.0 Å². The minimum atomic E-state index is -3.15. The van der Waals surface area contributed by atoms with Crippen molar-refractivity contribution >= 4 is 33.5 Å². The van der Waals surface area contributed by atoms with E-state index in [1.807, 2.05) is 20.8 Å². The number of amides is 1. The first-order valence-corrected chi connectivity index (χ1v) is 9.16. The number of sulfone groups is 1. The van der Waals surface area contributed by atoms with Crippen LogP contribution in [0.1, 0.15) is 27.2 Å². The molecular weight excluding hydrogens is 302 g/mol. The molecule has 0 aromatic carbocycles. The Morgan fingerprint density at radius 2 is 1.95 bits per heavy atom. The van der Waals surface area contributed by atoms with Crippen LogP contribution < -0.4 is 0 Å². The first-order chi connectivity index (χ1) is 9.00. The molecule has 1 aliphatic rings. The van der Waals surface area contributed by atoms with E-state index in [9.17, 15) is 18.0 Å². The van der Waals surface area contributed by atoms with Crippen molar-refractivity contribution < 1.29 is 23.1 Å². The molecule has 6 nitrogen and oxygen atoms in total. The highest BCUT2D eigenvalue weighted by Crippen LogP contribution is 2.25. The molecule has 1 N–H and O–H groups in total. The van der Waals surface area contributed by atoms with Crippen LogP contribution in [0.4, 0.5) is 0 Å². The molecule has 0 aromatic heterocycles. The van der Waals surface area contributed by atoms with Gasteiger partial charge in [0.05, 0.1) is 17.3 Å². The lowest BCUT2D eigenvalue weighted by molar-refractivity contribution is -0.144. The number of hydrogen-bond acceptors (Lipinski definition) is 5. The van der Waals surface area contributed by atoms with E-state index in [0.717, 1.165) is 0 Å². The van der Waals surface area contributed by atoms with Gasteiger partial charge in [-0.1, -0.05) is 20.8 Å². The van der Waals surface area contributed by atoms with E-state index in [2.05, 4.69) is 0 Å². The molecule has 0 aliphatic carbocycles. The van der Waals surface area contributed by atoms with Gasteiger partial charge in [-0.2, -0.15) is 0 Å². The molecule has 1 aliphatic heterocycles. The zero-order chi connectivity index (χ0) is 15.6. The second-order valence-electron chi connectivity index (χ2n) is 5.87. The number of aliphatic carboxylic acids is 1. The van der Waals surface area contributed by atoms with E-state index >= 15 is 0 Å². The fourth-order valence-electron chi connectivity index (χ4n) is 1.95. The van der Waals surface area contributed by atoms with Gasteiger partial charge in [-0.3, -0.25) is 9.59 Å².